The lowest BCUT2D eigenvalue weighted by Crippen LogP contribution is -2.24. The Kier molecular flexibility index (Phi) is 4.83. The van der Waals surface area contributed by atoms with Crippen molar-refractivity contribution in [2.45, 2.75) is 26.4 Å². The molecule has 1 aromatic heterocycles. The highest BCUT2D eigenvalue weighted by molar-refractivity contribution is 7.10. The molecule has 0 aliphatic heterocycles. The van der Waals surface area contributed by atoms with Gasteiger partial charge in [0.1, 0.15) is 0 Å². The summed E-state index contributed by atoms with van der Waals surface area (Å²) < 4.78 is 39.2. The Morgan fingerprint density at radius 3 is 2.30 bits per heavy atom. The molecule has 1 heterocycles. The molecule has 1 aromatic carbocycles. The molecule has 0 aliphatic rings. The molecule has 5 heteroatoms. The van der Waals surface area contributed by atoms with Crippen LogP contribution in [-0.2, 0) is 6.54 Å². The maximum absolute atomic E-state index is 13.2. The maximum Gasteiger partial charge on any atom is 0.194 e. The minimum absolute atomic E-state index is 0.103. The molecule has 2 aromatic rings. The van der Waals surface area contributed by atoms with Crippen molar-refractivity contribution in [2.75, 3.05) is 0 Å². The zero-order valence-corrected chi connectivity index (χ0v) is 12.1. The van der Waals surface area contributed by atoms with Crippen LogP contribution in [0.25, 0.3) is 0 Å². The SMILES string of the molecule is CC(C)C(NCc1cc(F)c(F)c(F)c1)c1cccs1. The number of nitrogens with one attached hydrogen (secondary N) is 1. The van der Waals surface area contributed by atoms with Gasteiger partial charge in [0, 0.05) is 17.5 Å². The van der Waals surface area contributed by atoms with Gasteiger partial charge in [-0.25, -0.2) is 13.2 Å². The van der Waals surface area contributed by atoms with E-state index in [9.17, 15) is 13.2 Å². The second kappa shape index (κ2) is 6.41. The quantitative estimate of drug-likeness (QED) is 0.792. The van der Waals surface area contributed by atoms with Gasteiger partial charge >= 0.3 is 0 Å². The summed E-state index contributed by atoms with van der Waals surface area (Å²) in [5.41, 5.74) is 0.392. The minimum atomic E-state index is -1.42. The van der Waals surface area contributed by atoms with Crippen LogP contribution in [0.1, 0.15) is 30.3 Å². The van der Waals surface area contributed by atoms with Gasteiger partial charge < -0.3 is 5.32 Å². The van der Waals surface area contributed by atoms with Gasteiger partial charge in [0.05, 0.1) is 0 Å². The van der Waals surface area contributed by atoms with E-state index in [1.807, 2.05) is 17.5 Å². The van der Waals surface area contributed by atoms with E-state index < -0.39 is 17.5 Å². The van der Waals surface area contributed by atoms with Gasteiger partial charge in [-0.15, -0.1) is 11.3 Å². The van der Waals surface area contributed by atoms with E-state index in [4.69, 9.17) is 0 Å². The van der Waals surface area contributed by atoms with Gasteiger partial charge in [0.25, 0.3) is 0 Å². The third-order valence-electron chi connectivity index (χ3n) is 3.09. The molecule has 0 radical (unpaired) electrons. The molecule has 0 spiro atoms. The molecule has 1 nitrogen and oxygen atoms in total. The molecule has 2 rings (SSSR count). The largest absolute Gasteiger partial charge is 0.305 e. The summed E-state index contributed by atoms with van der Waals surface area (Å²) in [6.45, 7) is 4.43. The monoisotopic (exact) mass is 299 g/mol. The lowest BCUT2D eigenvalue weighted by molar-refractivity contribution is 0.411. The molecular weight excluding hydrogens is 283 g/mol. The summed E-state index contributed by atoms with van der Waals surface area (Å²) in [5.74, 6) is -3.39. The van der Waals surface area contributed by atoms with Crippen molar-refractivity contribution >= 4 is 11.3 Å². The predicted molar refractivity (Wildman–Crippen MR) is 75.1 cm³/mol. The first-order chi connectivity index (χ1) is 9.49. The Morgan fingerprint density at radius 2 is 1.80 bits per heavy atom. The van der Waals surface area contributed by atoms with Crippen molar-refractivity contribution in [3.63, 3.8) is 0 Å². The Balaban J connectivity index is 2.10. The van der Waals surface area contributed by atoms with Crippen molar-refractivity contribution in [1.82, 2.24) is 5.32 Å². The second-order valence-corrected chi connectivity index (χ2v) is 5.97. The van der Waals surface area contributed by atoms with Crippen LogP contribution >= 0.6 is 11.3 Å². The molecule has 0 fully saturated rings. The molecule has 1 N–H and O–H groups in total. The number of hydrogen-bond acceptors (Lipinski definition) is 2. The van der Waals surface area contributed by atoms with Crippen LogP contribution in [0.4, 0.5) is 13.2 Å². The Morgan fingerprint density at radius 1 is 1.15 bits per heavy atom. The third kappa shape index (κ3) is 3.41. The van der Waals surface area contributed by atoms with Crippen molar-refractivity contribution < 1.29 is 13.2 Å². The minimum Gasteiger partial charge on any atom is -0.305 e. The Bertz CT molecular complexity index is 543. The van der Waals surface area contributed by atoms with E-state index in [0.717, 1.165) is 12.1 Å². The third-order valence-corrected chi connectivity index (χ3v) is 4.04. The van der Waals surface area contributed by atoms with E-state index in [1.165, 1.54) is 4.88 Å². The van der Waals surface area contributed by atoms with Crippen LogP contribution in [0.5, 0.6) is 0 Å². The van der Waals surface area contributed by atoms with Gasteiger partial charge in [-0.05, 0) is 35.1 Å². The van der Waals surface area contributed by atoms with Gasteiger partial charge in [-0.2, -0.15) is 0 Å². The fourth-order valence-electron chi connectivity index (χ4n) is 2.07. The topological polar surface area (TPSA) is 12.0 Å². The standard InChI is InChI=1S/C15H16F3NS/c1-9(2)15(13-4-3-5-20-13)19-8-10-6-11(16)14(18)12(17)7-10/h3-7,9,15,19H,8H2,1-2H3. The highest BCUT2D eigenvalue weighted by Crippen LogP contribution is 2.26. The van der Waals surface area contributed by atoms with Crippen molar-refractivity contribution in [2.24, 2.45) is 5.92 Å². The Hall–Kier alpha value is -1.33. The first kappa shape index (κ1) is 15.1. The van der Waals surface area contributed by atoms with Gasteiger partial charge in [-0.1, -0.05) is 19.9 Å². The van der Waals surface area contributed by atoms with Crippen molar-refractivity contribution in [3.05, 3.63) is 57.5 Å². The number of halogens is 3. The molecule has 1 unspecified atom stereocenters. The van der Waals surface area contributed by atoms with Crippen LogP contribution < -0.4 is 5.32 Å². The van der Waals surface area contributed by atoms with Crippen LogP contribution in [-0.4, -0.2) is 0 Å². The van der Waals surface area contributed by atoms with Gasteiger partial charge in [-0.3, -0.25) is 0 Å². The van der Waals surface area contributed by atoms with E-state index >= 15 is 0 Å². The second-order valence-electron chi connectivity index (χ2n) is 4.99. The first-order valence-corrected chi connectivity index (χ1v) is 7.27. The van der Waals surface area contributed by atoms with E-state index in [1.54, 1.807) is 11.3 Å². The molecule has 108 valence electrons. The molecule has 0 aliphatic carbocycles. The molecule has 0 amide bonds. The molecule has 0 saturated carbocycles. The average Bonchev–Trinajstić information content (AvgIpc) is 2.89. The zero-order valence-electron chi connectivity index (χ0n) is 11.3. The van der Waals surface area contributed by atoms with Crippen molar-refractivity contribution in [3.8, 4) is 0 Å². The molecule has 0 bridgehead atoms. The van der Waals surface area contributed by atoms with Crippen LogP contribution in [0.2, 0.25) is 0 Å². The zero-order chi connectivity index (χ0) is 14.7. The van der Waals surface area contributed by atoms with E-state index in [-0.39, 0.29) is 12.6 Å². The number of thiophene rings is 1. The maximum atomic E-state index is 13.2. The molecular formula is C15H16F3NS. The smallest absolute Gasteiger partial charge is 0.194 e. The summed E-state index contributed by atoms with van der Waals surface area (Å²) in [6.07, 6.45) is 0. The lowest BCUT2D eigenvalue weighted by Gasteiger charge is -2.21. The summed E-state index contributed by atoms with van der Waals surface area (Å²) in [5, 5.41) is 5.26. The summed E-state index contributed by atoms with van der Waals surface area (Å²) >= 11 is 1.63. The number of rotatable bonds is 5. The fourth-order valence-corrected chi connectivity index (χ4v) is 3.04. The highest BCUT2D eigenvalue weighted by atomic mass is 32.1. The van der Waals surface area contributed by atoms with Crippen molar-refractivity contribution in [1.29, 1.82) is 0 Å². The summed E-state index contributed by atoms with van der Waals surface area (Å²) in [7, 11) is 0. The first-order valence-electron chi connectivity index (χ1n) is 6.39. The lowest BCUT2D eigenvalue weighted by atomic mass is 10.0. The number of benzene rings is 1. The van der Waals surface area contributed by atoms with Crippen LogP contribution in [0.3, 0.4) is 0 Å². The summed E-state index contributed by atoms with van der Waals surface area (Å²) in [6, 6.07) is 6.14. The van der Waals surface area contributed by atoms with E-state index in [0.29, 0.717) is 11.5 Å². The number of hydrogen-bond donors (Lipinski definition) is 1. The molecule has 0 saturated heterocycles. The molecule has 1 atom stereocenters. The average molecular weight is 299 g/mol. The Labute approximate surface area is 120 Å². The van der Waals surface area contributed by atoms with Gasteiger partial charge in [0.15, 0.2) is 17.5 Å². The van der Waals surface area contributed by atoms with Crippen LogP contribution in [0.15, 0.2) is 29.6 Å². The highest BCUT2D eigenvalue weighted by Gasteiger charge is 2.17. The van der Waals surface area contributed by atoms with E-state index in [2.05, 4.69) is 19.2 Å². The normalized spacial score (nSPS) is 12.9. The molecule has 20 heavy (non-hydrogen) atoms. The fraction of sp³-hybridized carbons (Fsp3) is 0.333. The summed E-state index contributed by atoms with van der Waals surface area (Å²) in [4.78, 5) is 1.17. The predicted octanol–water partition coefficient (Wildman–Crippen LogP) is 4.65. The van der Waals surface area contributed by atoms with Gasteiger partial charge in [0.2, 0.25) is 0 Å². The van der Waals surface area contributed by atoms with Crippen LogP contribution in [0, 0.1) is 23.4 Å².